The van der Waals surface area contributed by atoms with Gasteiger partial charge >= 0.3 is 12.7 Å². The lowest BCUT2D eigenvalue weighted by Gasteiger charge is -2.37. The van der Waals surface area contributed by atoms with E-state index < -0.39 is 6.69 Å². The van der Waals surface area contributed by atoms with Gasteiger partial charge in [-0.3, -0.25) is 0 Å². The lowest BCUT2D eigenvalue weighted by Crippen LogP contribution is -2.64. The molecular formula is C25H18BNO3. The monoisotopic (exact) mass is 391 g/mol. The molecule has 2 heterocycles. The number of benzene rings is 4. The first kappa shape index (κ1) is 17.0. The summed E-state index contributed by atoms with van der Waals surface area (Å²) in [6.45, 7) is -2.04. The fourth-order valence-corrected chi connectivity index (χ4v) is 4.70. The highest BCUT2D eigenvalue weighted by Gasteiger charge is 2.59. The molecule has 1 unspecified atom stereocenters. The number of hydrogen-bond donors (Lipinski definition) is 0. The van der Waals surface area contributed by atoms with Gasteiger partial charge in [-0.2, -0.15) is 0 Å². The molecule has 0 amide bonds. The van der Waals surface area contributed by atoms with Crippen molar-refractivity contribution in [1.82, 2.24) is 0 Å². The lowest BCUT2D eigenvalue weighted by atomic mass is 9.61. The first-order chi connectivity index (χ1) is 14.8. The van der Waals surface area contributed by atoms with Crippen molar-refractivity contribution in [1.29, 1.82) is 0 Å². The van der Waals surface area contributed by atoms with Gasteiger partial charge in [0.05, 0.1) is 11.3 Å². The van der Waals surface area contributed by atoms with Crippen LogP contribution in [0.1, 0.15) is 11.1 Å². The fraction of sp³-hybridized carbons (Fsp3) is 0.0400. The van der Waals surface area contributed by atoms with Crippen LogP contribution in [0.25, 0.3) is 10.8 Å². The fourth-order valence-electron chi connectivity index (χ4n) is 4.70. The Labute approximate surface area is 174 Å². The maximum absolute atomic E-state index is 12.6. The van der Waals surface area contributed by atoms with E-state index in [1.165, 1.54) is 0 Å². The highest BCUT2D eigenvalue weighted by Crippen LogP contribution is 2.37. The van der Waals surface area contributed by atoms with E-state index in [1.807, 2.05) is 71.2 Å². The van der Waals surface area contributed by atoms with Gasteiger partial charge in [-0.1, -0.05) is 78.9 Å². The molecule has 144 valence electrons. The Morgan fingerprint density at radius 3 is 2.23 bits per heavy atom. The highest BCUT2D eigenvalue weighted by atomic mass is 16.7. The van der Waals surface area contributed by atoms with Crippen LogP contribution in [-0.4, -0.2) is 29.4 Å². The third kappa shape index (κ3) is 2.35. The Morgan fingerprint density at radius 2 is 1.43 bits per heavy atom. The molecule has 6 rings (SSSR count). The Bertz CT molecular complexity index is 1330. The van der Waals surface area contributed by atoms with E-state index in [1.54, 1.807) is 0 Å². The minimum absolute atomic E-state index is 0.141. The molecule has 0 bridgehead atoms. The lowest BCUT2D eigenvalue weighted by molar-refractivity contribution is -0.395. The number of carbonyl (C=O) groups excluding carboxylic acids is 1. The summed E-state index contributed by atoms with van der Waals surface area (Å²) in [5.41, 5.74) is 3.82. The van der Waals surface area contributed by atoms with Crippen LogP contribution in [0.15, 0.2) is 97.1 Å². The summed E-state index contributed by atoms with van der Waals surface area (Å²) in [7, 11) is 0. The standard InChI is InChI=1S/C25H18BNO3/c28-23-17-27-25(19-10-3-1-4-11-19)24-21-14-8-7-9-18(21)15-16-22(24)29-26(27,30-23)20-12-5-2-6-13-20/h1-16H,17H2. The van der Waals surface area contributed by atoms with Gasteiger partial charge in [0.1, 0.15) is 0 Å². The van der Waals surface area contributed by atoms with Crippen molar-refractivity contribution in [2.45, 2.75) is 0 Å². The maximum Gasteiger partial charge on any atom is 0.682 e. The maximum atomic E-state index is 12.6. The summed E-state index contributed by atoms with van der Waals surface area (Å²) < 4.78 is 14.6. The minimum Gasteiger partial charge on any atom is -0.618 e. The number of rotatable bonds is 2. The molecule has 4 nitrogen and oxygen atoms in total. The van der Waals surface area contributed by atoms with Gasteiger partial charge in [0, 0.05) is 5.56 Å². The molecule has 2 aliphatic heterocycles. The van der Waals surface area contributed by atoms with E-state index in [4.69, 9.17) is 9.31 Å². The summed E-state index contributed by atoms with van der Waals surface area (Å²) in [4.78, 5) is 12.6. The van der Waals surface area contributed by atoms with Gasteiger partial charge in [-0.05, 0) is 34.4 Å². The van der Waals surface area contributed by atoms with Crippen LogP contribution in [0.4, 0.5) is 0 Å². The molecule has 0 spiro atoms. The molecule has 30 heavy (non-hydrogen) atoms. The molecule has 2 aliphatic rings. The van der Waals surface area contributed by atoms with E-state index in [0.29, 0.717) is 0 Å². The van der Waals surface area contributed by atoms with Crippen LogP contribution in [0, 0.1) is 0 Å². The van der Waals surface area contributed by atoms with E-state index in [9.17, 15) is 4.79 Å². The first-order valence-corrected chi connectivity index (χ1v) is 10.1. The normalized spacial score (nSPS) is 19.8. The Kier molecular flexibility index (Phi) is 3.59. The van der Waals surface area contributed by atoms with Crippen molar-refractivity contribution in [2.75, 3.05) is 6.54 Å². The third-order valence-electron chi connectivity index (χ3n) is 5.97. The van der Waals surface area contributed by atoms with Crippen LogP contribution in [0.2, 0.25) is 0 Å². The summed E-state index contributed by atoms with van der Waals surface area (Å²) in [5.74, 6) is 0.437. The van der Waals surface area contributed by atoms with Crippen LogP contribution < -0.4 is 10.1 Å². The number of carbonyl (C=O) groups is 1. The average Bonchev–Trinajstić information content (AvgIpc) is 3.15. The summed E-state index contributed by atoms with van der Waals surface area (Å²) in [6.07, 6.45) is 0. The van der Waals surface area contributed by atoms with E-state index in [2.05, 4.69) is 30.3 Å². The summed E-state index contributed by atoms with van der Waals surface area (Å²) in [5, 5.41) is 2.21. The molecule has 1 atom stereocenters. The van der Waals surface area contributed by atoms with E-state index in [0.717, 1.165) is 38.8 Å². The molecular weight excluding hydrogens is 373 g/mol. The number of fused-ring (bicyclic) bond motifs is 4. The van der Waals surface area contributed by atoms with Crippen molar-refractivity contribution in [2.24, 2.45) is 0 Å². The second-order valence-corrected chi connectivity index (χ2v) is 7.69. The van der Waals surface area contributed by atoms with Gasteiger partial charge in [-0.25, -0.2) is 4.79 Å². The Morgan fingerprint density at radius 1 is 0.733 bits per heavy atom. The van der Waals surface area contributed by atoms with Gasteiger partial charge < -0.3 is 13.8 Å². The zero-order valence-corrected chi connectivity index (χ0v) is 16.2. The van der Waals surface area contributed by atoms with E-state index in [-0.39, 0.29) is 12.5 Å². The molecule has 0 saturated carbocycles. The predicted octanol–water partition coefficient (Wildman–Crippen LogP) is 3.49. The van der Waals surface area contributed by atoms with Crippen LogP contribution in [0.3, 0.4) is 0 Å². The SMILES string of the molecule is O=C1C[N+]2=C(c3ccccc3)c3c(ccc4ccccc34)O[B-]2(c2ccccc2)O1. The zero-order valence-electron chi connectivity index (χ0n) is 16.2. The van der Waals surface area contributed by atoms with Crippen LogP contribution >= 0.6 is 0 Å². The number of nitrogens with zero attached hydrogens (tertiary/aromatic N) is 1. The van der Waals surface area contributed by atoms with Crippen LogP contribution in [-0.2, 0) is 9.45 Å². The topological polar surface area (TPSA) is 38.5 Å². The van der Waals surface area contributed by atoms with Crippen molar-refractivity contribution >= 4 is 34.6 Å². The van der Waals surface area contributed by atoms with Gasteiger partial charge in [0.2, 0.25) is 0 Å². The molecule has 5 heteroatoms. The second kappa shape index (κ2) is 6.32. The molecule has 0 aromatic heterocycles. The van der Waals surface area contributed by atoms with Crippen LogP contribution in [0.5, 0.6) is 5.75 Å². The molecule has 4 aromatic rings. The third-order valence-corrected chi connectivity index (χ3v) is 5.97. The predicted molar refractivity (Wildman–Crippen MR) is 117 cm³/mol. The van der Waals surface area contributed by atoms with Gasteiger partial charge in [0.15, 0.2) is 12.3 Å². The van der Waals surface area contributed by atoms with Crippen molar-refractivity contribution in [3.05, 3.63) is 108 Å². The molecule has 0 radical (unpaired) electrons. The molecule has 0 aliphatic carbocycles. The first-order valence-electron chi connectivity index (χ1n) is 10.1. The largest absolute Gasteiger partial charge is 0.682 e. The summed E-state index contributed by atoms with van der Waals surface area (Å²) >= 11 is 0. The van der Waals surface area contributed by atoms with Crippen molar-refractivity contribution < 1.29 is 18.6 Å². The van der Waals surface area contributed by atoms with Gasteiger partial charge in [-0.15, -0.1) is 0 Å². The molecule has 1 fully saturated rings. The smallest absolute Gasteiger partial charge is 0.618 e. The summed E-state index contributed by atoms with van der Waals surface area (Å²) in [6, 6.07) is 32.2. The Hall–Kier alpha value is -3.86. The van der Waals surface area contributed by atoms with Crippen molar-refractivity contribution in [3.63, 3.8) is 0 Å². The minimum atomic E-state index is -2.18. The highest BCUT2D eigenvalue weighted by molar-refractivity contribution is 6.78. The number of hydrogen-bond acceptors (Lipinski definition) is 3. The van der Waals surface area contributed by atoms with E-state index >= 15 is 0 Å². The average molecular weight is 391 g/mol. The molecule has 4 aromatic carbocycles. The zero-order chi connectivity index (χ0) is 20.1. The van der Waals surface area contributed by atoms with Gasteiger partial charge in [0.25, 0.3) is 0 Å². The quantitative estimate of drug-likeness (QED) is 0.491. The second-order valence-electron chi connectivity index (χ2n) is 7.69. The molecule has 1 saturated heterocycles. The van der Waals surface area contributed by atoms with Crippen molar-refractivity contribution in [3.8, 4) is 5.75 Å². The molecule has 0 N–H and O–H groups in total. The Balaban J connectivity index is 1.75.